The SMILES string of the molecule is CCCCNC(=NCC(=O)N(C)C)NCCCN1CCOCC1.I. The van der Waals surface area contributed by atoms with E-state index in [0.717, 1.165) is 71.2 Å². The van der Waals surface area contributed by atoms with E-state index in [-0.39, 0.29) is 36.4 Å². The van der Waals surface area contributed by atoms with Crippen LogP contribution in [-0.4, -0.2) is 88.2 Å². The van der Waals surface area contributed by atoms with Crippen molar-refractivity contribution in [1.82, 2.24) is 20.4 Å². The van der Waals surface area contributed by atoms with Gasteiger partial charge in [0.25, 0.3) is 0 Å². The summed E-state index contributed by atoms with van der Waals surface area (Å²) in [5.74, 6) is 0.741. The number of ether oxygens (including phenoxy) is 1. The predicted octanol–water partition coefficient (Wildman–Crippen LogP) is 0.750. The highest BCUT2D eigenvalue weighted by atomic mass is 127. The van der Waals surface area contributed by atoms with Crippen LogP contribution >= 0.6 is 24.0 Å². The number of amides is 1. The molecule has 0 unspecified atom stereocenters. The summed E-state index contributed by atoms with van der Waals surface area (Å²) in [5.41, 5.74) is 0. The van der Waals surface area contributed by atoms with Gasteiger partial charge < -0.3 is 20.3 Å². The van der Waals surface area contributed by atoms with Gasteiger partial charge in [-0.25, -0.2) is 4.99 Å². The van der Waals surface area contributed by atoms with Crippen molar-refractivity contribution in [2.45, 2.75) is 26.2 Å². The van der Waals surface area contributed by atoms with Crippen LogP contribution in [0.2, 0.25) is 0 Å². The van der Waals surface area contributed by atoms with Gasteiger partial charge in [-0.05, 0) is 19.4 Å². The highest BCUT2D eigenvalue weighted by Gasteiger charge is 2.09. The van der Waals surface area contributed by atoms with Gasteiger partial charge in [0.2, 0.25) is 5.91 Å². The van der Waals surface area contributed by atoms with Gasteiger partial charge in [-0.1, -0.05) is 13.3 Å². The van der Waals surface area contributed by atoms with Crippen LogP contribution in [0.15, 0.2) is 4.99 Å². The number of aliphatic imine (C=N–C) groups is 1. The van der Waals surface area contributed by atoms with Crippen molar-refractivity contribution in [3.05, 3.63) is 0 Å². The molecule has 1 rings (SSSR count). The first-order valence-electron chi connectivity index (χ1n) is 8.66. The van der Waals surface area contributed by atoms with Crippen molar-refractivity contribution in [1.29, 1.82) is 0 Å². The Kier molecular flexibility index (Phi) is 14.3. The van der Waals surface area contributed by atoms with Crippen molar-refractivity contribution in [2.24, 2.45) is 4.99 Å². The molecule has 1 aliphatic rings. The molecule has 0 aromatic heterocycles. The van der Waals surface area contributed by atoms with E-state index >= 15 is 0 Å². The summed E-state index contributed by atoms with van der Waals surface area (Å²) in [6.45, 7) is 8.85. The number of unbranched alkanes of at least 4 members (excludes halogenated alkanes) is 1. The molecule has 1 fully saturated rings. The van der Waals surface area contributed by atoms with Crippen LogP contribution < -0.4 is 10.6 Å². The van der Waals surface area contributed by atoms with E-state index in [9.17, 15) is 4.79 Å². The number of guanidine groups is 1. The molecule has 7 nitrogen and oxygen atoms in total. The van der Waals surface area contributed by atoms with E-state index in [2.05, 4.69) is 27.4 Å². The van der Waals surface area contributed by atoms with Gasteiger partial charge in [0.05, 0.1) is 13.2 Å². The molecule has 142 valence electrons. The highest BCUT2D eigenvalue weighted by molar-refractivity contribution is 14.0. The summed E-state index contributed by atoms with van der Waals surface area (Å²) >= 11 is 0. The van der Waals surface area contributed by atoms with Crippen molar-refractivity contribution >= 4 is 35.8 Å². The van der Waals surface area contributed by atoms with Crippen LogP contribution in [0, 0.1) is 0 Å². The second-order valence-electron chi connectivity index (χ2n) is 5.97. The fourth-order valence-corrected chi connectivity index (χ4v) is 2.18. The molecule has 1 amide bonds. The number of hydrogen-bond donors (Lipinski definition) is 2. The minimum absolute atomic E-state index is 0. The van der Waals surface area contributed by atoms with Gasteiger partial charge in [-0.15, -0.1) is 24.0 Å². The lowest BCUT2D eigenvalue weighted by Gasteiger charge is -2.26. The summed E-state index contributed by atoms with van der Waals surface area (Å²) in [5, 5.41) is 6.61. The van der Waals surface area contributed by atoms with E-state index in [1.807, 2.05) is 0 Å². The monoisotopic (exact) mass is 455 g/mol. The van der Waals surface area contributed by atoms with E-state index < -0.39 is 0 Å². The average Bonchev–Trinajstić information content (AvgIpc) is 2.56. The lowest BCUT2D eigenvalue weighted by atomic mass is 10.3. The minimum Gasteiger partial charge on any atom is -0.379 e. The molecule has 1 saturated heterocycles. The molecule has 1 aliphatic heterocycles. The third-order valence-corrected chi connectivity index (χ3v) is 3.74. The number of carbonyl (C=O) groups is 1. The molecule has 0 aliphatic carbocycles. The van der Waals surface area contributed by atoms with Gasteiger partial charge in [-0.3, -0.25) is 9.69 Å². The summed E-state index contributed by atoms with van der Waals surface area (Å²) in [6.07, 6.45) is 3.28. The quantitative estimate of drug-likeness (QED) is 0.233. The molecular formula is C16H34IN5O2. The summed E-state index contributed by atoms with van der Waals surface area (Å²) < 4.78 is 5.35. The van der Waals surface area contributed by atoms with Gasteiger partial charge in [0.15, 0.2) is 5.96 Å². The Labute approximate surface area is 163 Å². The fourth-order valence-electron chi connectivity index (χ4n) is 2.18. The normalized spacial score (nSPS) is 15.5. The Morgan fingerprint density at radius 3 is 2.38 bits per heavy atom. The van der Waals surface area contributed by atoms with Crippen LogP contribution in [0.25, 0.3) is 0 Å². The molecule has 24 heavy (non-hydrogen) atoms. The van der Waals surface area contributed by atoms with Crippen molar-refractivity contribution in [3.8, 4) is 0 Å². The first kappa shape index (κ1) is 23.4. The zero-order chi connectivity index (χ0) is 16.9. The topological polar surface area (TPSA) is 69.2 Å². The third-order valence-electron chi connectivity index (χ3n) is 3.74. The average molecular weight is 455 g/mol. The molecule has 0 saturated carbocycles. The maximum atomic E-state index is 11.7. The molecule has 2 N–H and O–H groups in total. The number of hydrogen-bond acceptors (Lipinski definition) is 4. The van der Waals surface area contributed by atoms with Crippen molar-refractivity contribution in [3.63, 3.8) is 0 Å². The smallest absolute Gasteiger partial charge is 0.243 e. The zero-order valence-electron chi connectivity index (χ0n) is 15.3. The number of carbonyl (C=O) groups excluding carboxylic acids is 1. The lowest BCUT2D eigenvalue weighted by molar-refractivity contribution is -0.127. The maximum Gasteiger partial charge on any atom is 0.243 e. The Hall–Kier alpha value is -0.610. The lowest BCUT2D eigenvalue weighted by Crippen LogP contribution is -2.41. The third kappa shape index (κ3) is 11.0. The fraction of sp³-hybridized carbons (Fsp3) is 0.875. The minimum atomic E-state index is 0. The Morgan fingerprint density at radius 1 is 1.17 bits per heavy atom. The largest absolute Gasteiger partial charge is 0.379 e. The van der Waals surface area contributed by atoms with E-state index in [1.54, 1.807) is 19.0 Å². The number of likely N-dealkylation sites (N-methyl/N-ethyl adjacent to an activating group) is 1. The predicted molar refractivity (Wildman–Crippen MR) is 109 cm³/mol. The molecule has 0 bridgehead atoms. The summed E-state index contributed by atoms with van der Waals surface area (Å²) in [7, 11) is 3.50. The molecule has 0 atom stereocenters. The molecule has 0 radical (unpaired) electrons. The number of nitrogens with zero attached hydrogens (tertiary/aromatic N) is 3. The van der Waals surface area contributed by atoms with Crippen LogP contribution in [0.1, 0.15) is 26.2 Å². The highest BCUT2D eigenvalue weighted by Crippen LogP contribution is 1.97. The van der Waals surface area contributed by atoms with Gasteiger partial charge in [0.1, 0.15) is 6.54 Å². The van der Waals surface area contributed by atoms with Crippen molar-refractivity contribution in [2.75, 3.05) is 66.6 Å². The maximum absolute atomic E-state index is 11.7. The Morgan fingerprint density at radius 2 is 1.79 bits per heavy atom. The molecule has 1 heterocycles. The van der Waals surface area contributed by atoms with E-state index in [1.165, 1.54) is 0 Å². The Bertz CT molecular complexity index is 360. The van der Waals surface area contributed by atoms with Crippen LogP contribution in [0.5, 0.6) is 0 Å². The van der Waals surface area contributed by atoms with Crippen molar-refractivity contribution < 1.29 is 9.53 Å². The van der Waals surface area contributed by atoms with Gasteiger partial charge >= 0.3 is 0 Å². The number of nitrogens with one attached hydrogen (secondary N) is 2. The standard InChI is InChI=1S/C16H33N5O2.HI/c1-4-5-7-17-16(19-14-15(22)20(2)3)18-8-6-9-21-10-12-23-13-11-21;/h4-14H2,1-3H3,(H2,17,18,19);1H. The summed E-state index contributed by atoms with van der Waals surface area (Å²) in [4.78, 5) is 20.0. The van der Waals surface area contributed by atoms with Crippen LogP contribution in [-0.2, 0) is 9.53 Å². The molecule has 8 heteroatoms. The van der Waals surface area contributed by atoms with E-state index in [4.69, 9.17) is 4.74 Å². The number of rotatable bonds is 9. The van der Waals surface area contributed by atoms with E-state index in [0.29, 0.717) is 0 Å². The summed E-state index contributed by atoms with van der Waals surface area (Å²) in [6, 6.07) is 0. The first-order chi connectivity index (χ1) is 11.1. The molecular weight excluding hydrogens is 421 g/mol. The zero-order valence-corrected chi connectivity index (χ0v) is 17.7. The second-order valence-corrected chi connectivity index (χ2v) is 5.97. The van der Waals surface area contributed by atoms with Crippen LogP contribution in [0.4, 0.5) is 0 Å². The second kappa shape index (κ2) is 14.7. The molecule has 0 aromatic carbocycles. The molecule has 0 aromatic rings. The van der Waals surface area contributed by atoms with Crippen LogP contribution in [0.3, 0.4) is 0 Å². The Balaban J connectivity index is 0.00000529. The number of halogens is 1. The first-order valence-corrected chi connectivity index (χ1v) is 8.66. The number of morpholine rings is 1. The molecule has 0 spiro atoms. The van der Waals surface area contributed by atoms with Gasteiger partial charge in [-0.2, -0.15) is 0 Å². The van der Waals surface area contributed by atoms with Gasteiger partial charge in [0, 0.05) is 40.3 Å².